The average molecular weight is 280 g/mol. The predicted octanol–water partition coefficient (Wildman–Crippen LogP) is 1.76. The number of carboxylic acids is 1. The third-order valence-electron chi connectivity index (χ3n) is 3.60. The smallest absolute Gasteiger partial charge is 0.315 e. The first-order chi connectivity index (χ1) is 9.65. The first kappa shape index (κ1) is 14.4. The van der Waals surface area contributed by atoms with Gasteiger partial charge in [-0.05, 0) is 31.4 Å². The minimum atomic E-state index is -0.769. The van der Waals surface area contributed by atoms with E-state index in [0.717, 1.165) is 18.6 Å². The molecule has 0 bridgehead atoms. The maximum absolute atomic E-state index is 11.7. The minimum Gasteiger partial charge on any atom is -0.481 e. The van der Waals surface area contributed by atoms with Crippen LogP contribution in [0, 0.1) is 5.92 Å². The molecule has 3 N–H and O–H groups in total. The molecule has 6 heteroatoms. The lowest BCUT2D eigenvalue weighted by Crippen LogP contribution is -2.45. The molecule has 0 aromatic carbocycles. The van der Waals surface area contributed by atoms with Crippen LogP contribution in [0.15, 0.2) is 22.8 Å². The van der Waals surface area contributed by atoms with Crippen molar-refractivity contribution in [1.29, 1.82) is 0 Å². The van der Waals surface area contributed by atoms with E-state index in [1.54, 1.807) is 6.26 Å². The maximum Gasteiger partial charge on any atom is 0.315 e. The lowest BCUT2D eigenvalue weighted by Gasteiger charge is -2.27. The molecule has 1 saturated carbocycles. The molecule has 1 fully saturated rings. The SMILES string of the molecule is O=C(NCCc1ccco1)NC1CCCC(C(=O)O)C1. The summed E-state index contributed by atoms with van der Waals surface area (Å²) in [4.78, 5) is 22.7. The number of rotatable bonds is 5. The molecule has 0 saturated heterocycles. The van der Waals surface area contributed by atoms with Gasteiger partial charge in [-0.2, -0.15) is 0 Å². The van der Waals surface area contributed by atoms with Gasteiger partial charge < -0.3 is 20.2 Å². The largest absolute Gasteiger partial charge is 0.481 e. The van der Waals surface area contributed by atoms with E-state index in [1.807, 2.05) is 12.1 Å². The summed E-state index contributed by atoms with van der Waals surface area (Å²) in [6.07, 6.45) is 5.14. The van der Waals surface area contributed by atoms with Gasteiger partial charge in [-0.25, -0.2) is 4.79 Å². The molecular formula is C14H20N2O4. The maximum atomic E-state index is 11.7. The summed E-state index contributed by atoms with van der Waals surface area (Å²) in [6, 6.07) is 3.38. The van der Waals surface area contributed by atoms with E-state index in [9.17, 15) is 9.59 Å². The summed E-state index contributed by atoms with van der Waals surface area (Å²) >= 11 is 0. The molecule has 1 aliphatic carbocycles. The van der Waals surface area contributed by atoms with Gasteiger partial charge in [-0.3, -0.25) is 4.79 Å². The Balaban J connectivity index is 1.67. The Morgan fingerprint density at radius 2 is 2.25 bits per heavy atom. The van der Waals surface area contributed by atoms with E-state index in [-0.39, 0.29) is 18.0 Å². The Bertz CT molecular complexity index is 444. The fourth-order valence-electron chi connectivity index (χ4n) is 2.54. The van der Waals surface area contributed by atoms with E-state index in [1.165, 1.54) is 0 Å². The van der Waals surface area contributed by atoms with E-state index in [4.69, 9.17) is 9.52 Å². The van der Waals surface area contributed by atoms with Gasteiger partial charge in [0.2, 0.25) is 0 Å². The molecule has 1 aromatic rings. The molecule has 6 nitrogen and oxygen atoms in total. The number of hydrogen-bond donors (Lipinski definition) is 3. The Kier molecular flexibility index (Phi) is 5.03. The highest BCUT2D eigenvalue weighted by molar-refractivity contribution is 5.74. The number of hydrogen-bond acceptors (Lipinski definition) is 3. The summed E-state index contributed by atoms with van der Waals surface area (Å²) < 4.78 is 5.17. The van der Waals surface area contributed by atoms with Crippen molar-refractivity contribution in [3.8, 4) is 0 Å². The average Bonchev–Trinajstić information content (AvgIpc) is 2.92. The molecule has 2 unspecified atom stereocenters. The third kappa shape index (κ3) is 4.29. The van der Waals surface area contributed by atoms with Crippen molar-refractivity contribution in [2.45, 2.75) is 38.1 Å². The van der Waals surface area contributed by atoms with Crippen LogP contribution in [0.5, 0.6) is 0 Å². The van der Waals surface area contributed by atoms with Gasteiger partial charge in [0.1, 0.15) is 5.76 Å². The van der Waals surface area contributed by atoms with Gasteiger partial charge in [0.25, 0.3) is 0 Å². The molecule has 1 aliphatic rings. The first-order valence-corrected chi connectivity index (χ1v) is 6.94. The normalized spacial score (nSPS) is 22.2. The predicted molar refractivity (Wildman–Crippen MR) is 72.3 cm³/mol. The van der Waals surface area contributed by atoms with Gasteiger partial charge in [0.15, 0.2) is 0 Å². The monoisotopic (exact) mass is 280 g/mol. The zero-order valence-corrected chi connectivity index (χ0v) is 11.3. The van der Waals surface area contributed by atoms with Crippen molar-refractivity contribution in [2.24, 2.45) is 5.92 Å². The number of furan rings is 1. The second-order valence-corrected chi connectivity index (χ2v) is 5.13. The topological polar surface area (TPSA) is 91.6 Å². The molecule has 1 heterocycles. The molecule has 0 aliphatic heterocycles. The number of carbonyl (C=O) groups excluding carboxylic acids is 1. The van der Waals surface area contributed by atoms with Crippen molar-refractivity contribution in [2.75, 3.05) is 6.54 Å². The van der Waals surface area contributed by atoms with Crippen molar-refractivity contribution < 1.29 is 19.1 Å². The number of aliphatic carboxylic acids is 1. The molecule has 2 atom stereocenters. The van der Waals surface area contributed by atoms with Crippen molar-refractivity contribution >= 4 is 12.0 Å². The van der Waals surface area contributed by atoms with Gasteiger partial charge in [0, 0.05) is 19.0 Å². The molecule has 20 heavy (non-hydrogen) atoms. The number of urea groups is 1. The van der Waals surface area contributed by atoms with Gasteiger partial charge in [-0.1, -0.05) is 6.42 Å². The Hall–Kier alpha value is -1.98. The van der Waals surface area contributed by atoms with Crippen LogP contribution < -0.4 is 10.6 Å². The lowest BCUT2D eigenvalue weighted by molar-refractivity contribution is -0.143. The van der Waals surface area contributed by atoms with Crippen LogP contribution >= 0.6 is 0 Å². The highest BCUT2D eigenvalue weighted by Gasteiger charge is 2.27. The molecule has 1 aromatic heterocycles. The van der Waals surface area contributed by atoms with E-state index in [0.29, 0.717) is 25.8 Å². The standard InChI is InChI=1S/C14H20N2O4/c17-13(18)10-3-1-4-11(9-10)16-14(19)15-7-6-12-5-2-8-20-12/h2,5,8,10-11H,1,3-4,6-7,9H2,(H,17,18)(H2,15,16,19). The molecular weight excluding hydrogens is 260 g/mol. The van der Waals surface area contributed by atoms with Crippen LogP contribution in [0.1, 0.15) is 31.4 Å². The van der Waals surface area contributed by atoms with Crippen LogP contribution in [0.2, 0.25) is 0 Å². The summed E-state index contributed by atoms with van der Waals surface area (Å²) in [5, 5.41) is 14.6. The summed E-state index contributed by atoms with van der Waals surface area (Å²) in [5.74, 6) is -0.277. The van der Waals surface area contributed by atoms with Gasteiger partial charge in [0.05, 0.1) is 12.2 Å². The molecule has 110 valence electrons. The van der Waals surface area contributed by atoms with Crippen molar-refractivity contribution in [3.05, 3.63) is 24.2 Å². The Morgan fingerprint density at radius 1 is 1.40 bits per heavy atom. The van der Waals surface area contributed by atoms with E-state index in [2.05, 4.69) is 10.6 Å². The van der Waals surface area contributed by atoms with Gasteiger partial charge in [-0.15, -0.1) is 0 Å². The van der Waals surface area contributed by atoms with E-state index < -0.39 is 5.97 Å². The van der Waals surface area contributed by atoms with Crippen LogP contribution in [0.25, 0.3) is 0 Å². The fraction of sp³-hybridized carbons (Fsp3) is 0.571. The quantitative estimate of drug-likeness (QED) is 0.766. The Labute approximate surface area is 117 Å². The second kappa shape index (κ2) is 6.98. The number of carboxylic acid groups (broad SMARTS) is 1. The van der Waals surface area contributed by atoms with Crippen LogP contribution in [-0.4, -0.2) is 29.7 Å². The number of amides is 2. The summed E-state index contributed by atoms with van der Waals surface area (Å²) in [5.41, 5.74) is 0. The highest BCUT2D eigenvalue weighted by atomic mass is 16.4. The molecule has 0 spiro atoms. The van der Waals surface area contributed by atoms with Crippen LogP contribution in [0.3, 0.4) is 0 Å². The van der Waals surface area contributed by atoms with Crippen molar-refractivity contribution in [1.82, 2.24) is 10.6 Å². The third-order valence-corrected chi connectivity index (χ3v) is 3.60. The molecule has 2 amide bonds. The number of nitrogens with one attached hydrogen (secondary N) is 2. The second-order valence-electron chi connectivity index (χ2n) is 5.13. The van der Waals surface area contributed by atoms with Crippen LogP contribution in [0.4, 0.5) is 4.79 Å². The van der Waals surface area contributed by atoms with E-state index >= 15 is 0 Å². The fourth-order valence-corrected chi connectivity index (χ4v) is 2.54. The first-order valence-electron chi connectivity index (χ1n) is 6.94. The van der Waals surface area contributed by atoms with Crippen molar-refractivity contribution in [3.63, 3.8) is 0 Å². The zero-order valence-electron chi connectivity index (χ0n) is 11.3. The highest BCUT2D eigenvalue weighted by Crippen LogP contribution is 2.24. The number of carbonyl (C=O) groups is 2. The Morgan fingerprint density at radius 3 is 2.95 bits per heavy atom. The zero-order chi connectivity index (χ0) is 14.4. The minimum absolute atomic E-state index is 0.0477. The summed E-state index contributed by atoms with van der Waals surface area (Å²) in [7, 11) is 0. The van der Waals surface area contributed by atoms with Gasteiger partial charge >= 0.3 is 12.0 Å². The lowest BCUT2D eigenvalue weighted by atomic mass is 9.86. The van der Waals surface area contributed by atoms with Crippen LogP contribution in [-0.2, 0) is 11.2 Å². The molecule has 2 rings (SSSR count). The summed E-state index contributed by atoms with van der Waals surface area (Å²) in [6.45, 7) is 0.494. The molecule has 0 radical (unpaired) electrons.